The van der Waals surface area contributed by atoms with E-state index in [2.05, 4.69) is 0 Å². The second kappa shape index (κ2) is 3.60. The van der Waals surface area contributed by atoms with Crippen LogP contribution in [-0.4, -0.2) is 5.48 Å². The van der Waals surface area contributed by atoms with E-state index in [1.807, 2.05) is 0 Å². The van der Waals surface area contributed by atoms with Crippen LogP contribution in [0.2, 0.25) is 0 Å². The first-order valence-electron chi connectivity index (χ1n) is 1.01. The van der Waals surface area contributed by atoms with Gasteiger partial charge in [-0.05, 0) is 0 Å². The van der Waals surface area contributed by atoms with Crippen LogP contribution in [0.25, 0.3) is 0 Å². The van der Waals surface area contributed by atoms with Crippen LogP contribution >= 0.6 is 0 Å². The summed E-state index contributed by atoms with van der Waals surface area (Å²) in [7, 11) is 0. The summed E-state index contributed by atoms with van der Waals surface area (Å²) in [6, 6.07) is 0. The molecular formula is C2H2F4O. The Morgan fingerprint density at radius 3 is 0.857 bits per heavy atom. The summed E-state index contributed by atoms with van der Waals surface area (Å²) in [5, 5.41) is 0. The summed E-state index contributed by atoms with van der Waals surface area (Å²) < 4.78 is 41.1. The van der Waals surface area contributed by atoms with E-state index in [0.29, 0.717) is 0 Å². The lowest BCUT2D eigenvalue weighted by atomic mass is 11.1. The van der Waals surface area contributed by atoms with Gasteiger partial charge in [-0.15, -0.1) is 0 Å². The largest absolute Gasteiger partial charge is 0.412 e. The van der Waals surface area contributed by atoms with E-state index in [1.165, 1.54) is 0 Å². The van der Waals surface area contributed by atoms with Crippen LogP contribution < -0.4 is 0 Å². The Kier molecular flexibility index (Phi) is 4.97. The van der Waals surface area contributed by atoms with Crippen LogP contribution in [-0.2, 0) is 0 Å². The second-order valence-corrected chi connectivity index (χ2v) is 0.521. The van der Waals surface area contributed by atoms with E-state index in [-0.39, 0.29) is 5.48 Å². The summed E-state index contributed by atoms with van der Waals surface area (Å²) >= 11 is 0. The predicted octanol–water partition coefficient (Wildman–Crippen LogP) is 1.17. The highest BCUT2D eigenvalue weighted by Gasteiger charge is 1.98. The van der Waals surface area contributed by atoms with Gasteiger partial charge in [-0.1, -0.05) is 0 Å². The molecule has 44 valence electrons. The molecular weight excluding hydrogens is 116 g/mol. The van der Waals surface area contributed by atoms with Gasteiger partial charge in [0.2, 0.25) is 0 Å². The molecule has 0 amide bonds. The first kappa shape index (κ1) is 9.65. The van der Waals surface area contributed by atoms with Crippen molar-refractivity contribution in [2.24, 2.45) is 0 Å². The van der Waals surface area contributed by atoms with Crippen LogP contribution in [0.5, 0.6) is 0 Å². The first-order chi connectivity index (χ1) is 2.64. The smallest absolute Gasteiger partial charge is 0.334 e. The molecule has 0 heterocycles. The minimum absolute atomic E-state index is 0. The summed E-state index contributed by atoms with van der Waals surface area (Å²) in [4.78, 5) is 0. The van der Waals surface area contributed by atoms with E-state index >= 15 is 0 Å². The van der Waals surface area contributed by atoms with Crippen LogP contribution in [0.1, 0.15) is 0 Å². The van der Waals surface area contributed by atoms with Gasteiger partial charge >= 0.3 is 12.2 Å². The molecule has 0 aliphatic carbocycles. The van der Waals surface area contributed by atoms with Gasteiger partial charge in [0.05, 0.1) is 0 Å². The van der Waals surface area contributed by atoms with Crippen LogP contribution in [0.15, 0.2) is 12.2 Å². The zero-order valence-electron chi connectivity index (χ0n) is 3.01. The lowest BCUT2D eigenvalue weighted by molar-refractivity contribution is 0.308. The number of hydrogen-bond donors (Lipinski definition) is 0. The van der Waals surface area contributed by atoms with E-state index in [9.17, 15) is 17.6 Å². The van der Waals surface area contributed by atoms with Gasteiger partial charge in [0.1, 0.15) is 0 Å². The van der Waals surface area contributed by atoms with Crippen molar-refractivity contribution in [3.8, 4) is 0 Å². The van der Waals surface area contributed by atoms with Crippen LogP contribution in [0.3, 0.4) is 0 Å². The molecule has 0 atom stereocenters. The maximum absolute atomic E-state index is 10.3. The third-order valence-corrected chi connectivity index (χ3v) is 0.143. The lowest BCUT2D eigenvalue weighted by Gasteiger charge is -1.69. The standard InChI is InChI=1S/C2F4.H2O/c3-1(4)2(5)6;/h;1H2. The van der Waals surface area contributed by atoms with Gasteiger partial charge in [-0.25, -0.2) is 0 Å². The molecule has 0 aliphatic rings. The van der Waals surface area contributed by atoms with Crippen molar-refractivity contribution < 1.29 is 23.0 Å². The van der Waals surface area contributed by atoms with Crippen molar-refractivity contribution in [1.29, 1.82) is 0 Å². The van der Waals surface area contributed by atoms with Gasteiger partial charge in [0.25, 0.3) is 0 Å². The maximum atomic E-state index is 10.3. The lowest BCUT2D eigenvalue weighted by Crippen LogP contribution is -1.56. The summed E-state index contributed by atoms with van der Waals surface area (Å²) in [6.45, 7) is 0. The second-order valence-electron chi connectivity index (χ2n) is 0.521. The number of hydrogen-bond acceptors (Lipinski definition) is 0. The molecule has 0 saturated heterocycles. The zero-order valence-corrected chi connectivity index (χ0v) is 3.01. The Morgan fingerprint density at radius 1 is 0.714 bits per heavy atom. The average molecular weight is 118 g/mol. The summed E-state index contributed by atoms with van der Waals surface area (Å²) in [6.07, 6.45) is -5.81. The Morgan fingerprint density at radius 2 is 0.857 bits per heavy atom. The average Bonchev–Trinajstić information content (AvgIpc) is 1.36. The third kappa shape index (κ3) is 5.42. The Bertz CT molecular complexity index is 59.8. The van der Waals surface area contributed by atoms with Gasteiger partial charge in [-0.2, -0.15) is 17.6 Å². The molecule has 1 nitrogen and oxygen atoms in total. The third-order valence-electron chi connectivity index (χ3n) is 0.143. The van der Waals surface area contributed by atoms with Gasteiger partial charge in [0.15, 0.2) is 0 Å². The molecule has 0 fully saturated rings. The zero-order chi connectivity index (χ0) is 5.15. The van der Waals surface area contributed by atoms with Crippen molar-refractivity contribution in [3.05, 3.63) is 12.2 Å². The van der Waals surface area contributed by atoms with Crippen LogP contribution in [0.4, 0.5) is 17.6 Å². The summed E-state index contributed by atoms with van der Waals surface area (Å²) in [5.74, 6) is 0. The van der Waals surface area contributed by atoms with Gasteiger partial charge in [-0.3, -0.25) is 0 Å². The van der Waals surface area contributed by atoms with Crippen molar-refractivity contribution in [2.45, 2.75) is 0 Å². The topological polar surface area (TPSA) is 31.5 Å². The number of rotatable bonds is 0. The molecule has 0 rings (SSSR count). The fourth-order valence-electron chi connectivity index (χ4n) is 0. The molecule has 0 aromatic rings. The highest BCUT2D eigenvalue weighted by Crippen LogP contribution is 2.08. The fraction of sp³-hybridized carbons (Fsp3) is 0. The maximum Gasteiger partial charge on any atom is 0.334 e. The van der Waals surface area contributed by atoms with Gasteiger partial charge < -0.3 is 5.48 Å². The molecule has 5 heteroatoms. The highest BCUT2D eigenvalue weighted by atomic mass is 19.3. The van der Waals surface area contributed by atoms with Gasteiger partial charge in [0, 0.05) is 0 Å². The van der Waals surface area contributed by atoms with E-state index in [0.717, 1.165) is 0 Å². The quantitative estimate of drug-likeness (QED) is 0.427. The van der Waals surface area contributed by atoms with E-state index < -0.39 is 12.2 Å². The van der Waals surface area contributed by atoms with Crippen molar-refractivity contribution in [1.82, 2.24) is 0 Å². The monoisotopic (exact) mass is 118 g/mol. The van der Waals surface area contributed by atoms with Crippen molar-refractivity contribution >= 4 is 0 Å². The molecule has 0 radical (unpaired) electrons. The van der Waals surface area contributed by atoms with E-state index in [4.69, 9.17) is 0 Å². The van der Waals surface area contributed by atoms with Crippen LogP contribution in [0, 0.1) is 0 Å². The molecule has 0 aliphatic heterocycles. The molecule has 2 N–H and O–H groups in total. The summed E-state index contributed by atoms with van der Waals surface area (Å²) in [5.41, 5.74) is 0. The van der Waals surface area contributed by atoms with Crippen molar-refractivity contribution in [2.75, 3.05) is 0 Å². The highest BCUT2D eigenvalue weighted by molar-refractivity contribution is 4.77. The molecule has 0 aromatic carbocycles. The molecule has 0 saturated carbocycles. The number of halogens is 4. The minimum atomic E-state index is -2.91. The first-order valence-corrected chi connectivity index (χ1v) is 1.01. The molecule has 7 heavy (non-hydrogen) atoms. The predicted molar refractivity (Wildman–Crippen MR) is 15.1 cm³/mol. The van der Waals surface area contributed by atoms with Crippen molar-refractivity contribution in [3.63, 3.8) is 0 Å². The van der Waals surface area contributed by atoms with E-state index in [1.54, 1.807) is 0 Å². The minimum Gasteiger partial charge on any atom is -0.412 e. The molecule has 0 unspecified atom stereocenters. The molecule has 0 bridgehead atoms. The molecule has 0 spiro atoms. The SMILES string of the molecule is FC(F)=C(F)F.O. The fourth-order valence-corrected chi connectivity index (χ4v) is 0. The Balaban J connectivity index is 0. The molecule has 0 aromatic heterocycles. The Hall–Kier alpha value is -0.580. The normalized spacial score (nSPS) is 6.86. The Labute approximate surface area is 36.6 Å².